The molecular formula is C12H18ClN3. The Morgan fingerprint density at radius 3 is 2.81 bits per heavy atom. The van der Waals surface area contributed by atoms with Gasteiger partial charge in [0.25, 0.3) is 0 Å². The van der Waals surface area contributed by atoms with Crippen molar-refractivity contribution < 1.29 is 0 Å². The van der Waals surface area contributed by atoms with Crippen molar-refractivity contribution in [2.75, 3.05) is 13.6 Å². The fourth-order valence-electron chi connectivity index (χ4n) is 1.58. The molecular weight excluding hydrogens is 222 g/mol. The zero-order chi connectivity index (χ0) is 12.1. The van der Waals surface area contributed by atoms with E-state index < -0.39 is 0 Å². The Hall–Kier alpha value is -1.06. The van der Waals surface area contributed by atoms with E-state index in [0.29, 0.717) is 0 Å². The molecule has 0 aliphatic carbocycles. The lowest BCUT2D eigenvalue weighted by Crippen LogP contribution is -2.31. The average Bonchev–Trinajstić information content (AvgIpc) is 2.16. The topological polar surface area (TPSA) is 53.1 Å². The average molecular weight is 240 g/mol. The molecule has 1 atom stereocenters. The summed E-state index contributed by atoms with van der Waals surface area (Å²) in [7, 11) is 2.01. The molecule has 0 aliphatic rings. The van der Waals surface area contributed by atoms with E-state index in [1.807, 2.05) is 38.2 Å². The highest BCUT2D eigenvalue weighted by Crippen LogP contribution is 2.12. The summed E-state index contributed by atoms with van der Waals surface area (Å²) in [5.74, 6) is 0.321. The monoisotopic (exact) mass is 239 g/mol. The summed E-state index contributed by atoms with van der Waals surface area (Å²) in [4.78, 5) is 2.14. The molecule has 0 spiro atoms. The summed E-state index contributed by atoms with van der Waals surface area (Å²) < 4.78 is 0. The first-order chi connectivity index (χ1) is 7.49. The third kappa shape index (κ3) is 4.21. The van der Waals surface area contributed by atoms with E-state index >= 15 is 0 Å². The number of rotatable bonds is 5. The Kier molecular flexibility index (Phi) is 4.77. The second-order valence-corrected chi connectivity index (χ2v) is 4.62. The third-order valence-corrected chi connectivity index (χ3v) is 2.69. The summed E-state index contributed by atoms with van der Waals surface area (Å²) in [5, 5.41) is 8.09. The standard InChI is InChI=1S/C12H18ClN3/c1-9(12(14)15)7-16(2)8-10-4-3-5-11(13)6-10/h3-6,9H,7-8H2,1-2H3,(H3,14,15). The second-order valence-electron chi connectivity index (χ2n) is 4.18. The summed E-state index contributed by atoms with van der Waals surface area (Å²) in [5.41, 5.74) is 6.61. The quantitative estimate of drug-likeness (QED) is 0.612. The van der Waals surface area contributed by atoms with Gasteiger partial charge in [-0.05, 0) is 24.7 Å². The van der Waals surface area contributed by atoms with Crippen molar-refractivity contribution in [1.82, 2.24) is 4.90 Å². The number of nitrogens with zero attached hydrogens (tertiary/aromatic N) is 1. The zero-order valence-corrected chi connectivity index (χ0v) is 10.5. The molecule has 0 aliphatic heterocycles. The Morgan fingerprint density at radius 2 is 2.25 bits per heavy atom. The highest BCUT2D eigenvalue weighted by atomic mass is 35.5. The van der Waals surface area contributed by atoms with Crippen molar-refractivity contribution in [3.8, 4) is 0 Å². The van der Waals surface area contributed by atoms with Gasteiger partial charge in [-0.15, -0.1) is 0 Å². The molecule has 0 amide bonds. The van der Waals surface area contributed by atoms with Crippen LogP contribution in [0.3, 0.4) is 0 Å². The number of halogens is 1. The van der Waals surface area contributed by atoms with E-state index in [9.17, 15) is 0 Å². The van der Waals surface area contributed by atoms with Crippen LogP contribution in [-0.2, 0) is 6.54 Å². The van der Waals surface area contributed by atoms with Crippen molar-refractivity contribution in [2.45, 2.75) is 13.5 Å². The first-order valence-electron chi connectivity index (χ1n) is 5.26. The maximum absolute atomic E-state index is 7.34. The first kappa shape index (κ1) is 13.0. The van der Waals surface area contributed by atoms with E-state index in [1.165, 1.54) is 5.56 Å². The Labute approximate surface area is 102 Å². The van der Waals surface area contributed by atoms with Crippen molar-refractivity contribution >= 4 is 17.4 Å². The van der Waals surface area contributed by atoms with E-state index in [2.05, 4.69) is 4.90 Å². The molecule has 1 rings (SSSR count). The predicted octanol–water partition coefficient (Wildman–Crippen LogP) is 2.34. The Balaban J connectivity index is 2.51. The van der Waals surface area contributed by atoms with E-state index in [-0.39, 0.29) is 11.8 Å². The van der Waals surface area contributed by atoms with Gasteiger partial charge in [0.05, 0.1) is 5.84 Å². The van der Waals surface area contributed by atoms with Crippen LogP contribution in [0.4, 0.5) is 0 Å². The van der Waals surface area contributed by atoms with Gasteiger partial charge in [-0.3, -0.25) is 5.41 Å². The van der Waals surface area contributed by atoms with E-state index in [4.69, 9.17) is 22.7 Å². The molecule has 1 aromatic carbocycles. The second kappa shape index (κ2) is 5.87. The lowest BCUT2D eigenvalue weighted by Gasteiger charge is -2.20. The lowest BCUT2D eigenvalue weighted by molar-refractivity contribution is 0.306. The normalized spacial score (nSPS) is 12.8. The van der Waals surface area contributed by atoms with Crippen molar-refractivity contribution in [1.29, 1.82) is 5.41 Å². The van der Waals surface area contributed by atoms with E-state index in [1.54, 1.807) is 0 Å². The van der Waals surface area contributed by atoms with Gasteiger partial charge in [0.15, 0.2) is 0 Å². The minimum absolute atomic E-state index is 0.0872. The number of hydrogen-bond donors (Lipinski definition) is 2. The molecule has 0 heterocycles. The molecule has 0 bridgehead atoms. The molecule has 3 nitrogen and oxygen atoms in total. The largest absolute Gasteiger partial charge is 0.387 e. The minimum atomic E-state index is 0.0872. The third-order valence-electron chi connectivity index (χ3n) is 2.46. The van der Waals surface area contributed by atoms with Crippen LogP contribution < -0.4 is 5.73 Å². The fourth-order valence-corrected chi connectivity index (χ4v) is 1.79. The van der Waals surface area contributed by atoms with E-state index in [0.717, 1.165) is 18.1 Å². The van der Waals surface area contributed by atoms with Gasteiger partial charge < -0.3 is 10.6 Å². The lowest BCUT2D eigenvalue weighted by atomic mass is 10.1. The summed E-state index contributed by atoms with van der Waals surface area (Å²) >= 11 is 5.91. The van der Waals surface area contributed by atoms with Crippen molar-refractivity contribution in [3.63, 3.8) is 0 Å². The molecule has 0 saturated heterocycles. The van der Waals surface area contributed by atoms with Crippen LogP contribution in [0.1, 0.15) is 12.5 Å². The summed E-state index contributed by atoms with van der Waals surface area (Å²) in [6.45, 7) is 3.55. The van der Waals surface area contributed by atoms with Crippen LogP contribution in [0.2, 0.25) is 5.02 Å². The van der Waals surface area contributed by atoms with Crippen LogP contribution in [0.5, 0.6) is 0 Å². The molecule has 0 radical (unpaired) electrons. The van der Waals surface area contributed by atoms with Crippen molar-refractivity contribution in [3.05, 3.63) is 34.9 Å². The highest BCUT2D eigenvalue weighted by molar-refractivity contribution is 6.30. The SMILES string of the molecule is CC(CN(C)Cc1cccc(Cl)c1)C(=N)N. The van der Waals surface area contributed by atoms with Gasteiger partial charge in [0, 0.05) is 24.0 Å². The number of hydrogen-bond acceptors (Lipinski definition) is 2. The van der Waals surface area contributed by atoms with Crippen LogP contribution >= 0.6 is 11.6 Å². The van der Waals surface area contributed by atoms with Crippen LogP contribution in [0, 0.1) is 11.3 Å². The molecule has 4 heteroatoms. The minimum Gasteiger partial charge on any atom is -0.387 e. The number of benzene rings is 1. The van der Waals surface area contributed by atoms with Gasteiger partial charge in [0.2, 0.25) is 0 Å². The van der Waals surface area contributed by atoms with Crippen molar-refractivity contribution in [2.24, 2.45) is 11.7 Å². The number of nitrogens with two attached hydrogens (primary N) is 1. The first-order valence-corrected chi connectivity index (χ1v) is 5.63. The molecule has 1 aromatic rings. The summed E-state index contributed by atoms with van der Waals surface area (Å²) in [6.07, 6.45) is 0. The molecule has 88 valence electrons. The fraction of sp³-hybridized carbons (Fsp3) is 0.417. The molecule has 3 N–H and O–H groups in total. The van der Waals surface area contributed by atoms with Crippen LogP contribution in [0.25, 0.3) is 0 Å². The van der Waals surface area contributed by atoms with Gasteiger partial charge in [0.1, 0.15) is 0 Å². The molecule has 16 heavy (non-hydrogen) atoms. The maximum atomic E-state index is 7.34. The smallest absolute Gasteiger partial charge is 0.0947 e. The molecule has 0 saturated carbocycles. The Morgan fingerprint density at radius 1 is 1.56 bits per heavy atom. The Bertz CT molecular complexity index is 365. The van der Waals surface area contributed by atoms with Crippen LogP contribution in [0.15, 0.2) is 24.3 Å². The highest BCUT2D eigenvalue weighted by Gasteiger charge is 2.09. The van der Waals surface area contributed by atoms with Gasteiger partial charge in [-0.2, -0.15) is 0 Å². The zero-order valence-electron chi connectivity index (χ0n) is 9.70. The number of nitrogens with one attached hydrogen (secondary N) is 1. The summed E-state index contributed by atoms with van der Waals surface area (Å²) in [6, 6.07) is 7.81. The van der Waals surface area contributed by atoms with Crippen LogP contribution in [-0.4, -0.2) is 24.3 Å². The number of amidine groups is 1. The van der Waals surface area contributed by atoms with Gasteiger partial charge >= 0.3 is 0 Å². The van der Waals surface area contributed by atoms with Gasteiger partial charge in [-0.25, -0.2) is 0 Å². The predicted molar refractivity (Wildman–Crippen MR) is 68.9 cm³/mol. The molecule has 0 aromatic heterocycles. The molecule has 1 unspecified atom stereocenters. The maximum Gasteiger partial charge on any atom is 0.0947 e. The molecule has 0 fully saturated rings. The van der Waals surface area contributed by atoms with Gasteiger partial charge in [-0.1, -0.05) is 30.7 Å².